The summed E-state index contributed by atoms with van der Waals surface area (Å²) in [4.78, 5) is 25.2. The van der Waals surface area contributed by atoms with Crippen molar-refractivity contribution in [3.63, 3.8) is 0 Å². The molecule has 1 aromatic heterocycles. The number of rotatable bonds is 6. The number of hydrogen-bond acceptors (Lipinski definition) is 3. The summed E-state index contributed by atoms with van der Waals surface area (Å²) in [5.41, 5.74) is 1.99. The highest BCUT2D eigenvalue weighted by atomic mass is 16.4. The maximum absolute atomic E-state index is 12.6. The first-order valence-electron chi connectivity index (χ1n) is 8.69. The van der Waals surface area contributed by atoms with E-state index in [4.69, 9.17) is 4.42 Å². The molecule has 1 heterocycles. The quantitative estimate of drug-likeness (QED) is 0.458. The Bertz CT molecular complexity index is 967. The van der Waals surface area contributed by atoms with E-state index in [1.165, 1.54) is 6.08 Å². The summed E-state index contributed by atoms with van der Waals surface area (Å²) in [6, 6.07) is 20.8. The molecule has 0 N–H and O–H groups in total. The minimum atomic E-state index is -0.586. The van der Waals surface area contributed by atoms with Gasteiger partial charge in [-0.3, -0.25) is 4.79 Å². The van der Waals surface area contributed by atoms with E-state index in [9.17, 15) is 9.59 Å². The van der Waals surface area contributed by atoms with Crippen molar-refractivity contribution in [1.29, 1.82) is 0 Å². The van der Waals surface area contributed by atoms with Crippen molar-refractivity contribution >= 4 is 11.9 Å². The van der Waals surface area contributed by atoms with Crippen LogP contribution in [0.3, 0.4) is 0 Å². The lowest BCUT2D eigenvalue weighted by atomic mass is 9.99. The van der Waals surface area contributed by atoms with Gasteiger partial charge in [0.05, 0.1) is 0 Å². The molecule has 3 heteroatoms. The minimum absolute atomic E-state index is 0.124. The van der Waals surface area contributed by atoms with Crippen molar-refractivity contribution in [2.24, 2.45) is 0 Å². The van der Waals surface area contributed by atoms with Gasteiger partial charge in [0.25, 0.3) is 0 Å². The third-order valence-electron chi connectivity index (χ3n) is 4.08. The molecule has 3 aromatic rings. The molecule has 0 saturated carbocycles. The number of carbonyl (C=O) groups is 1. The molecule has 130 valence electrons. The Labute approximate surface area is 152 Å². The second-order valence-electron chi connectivity index (χ2n) is 6.02. The van der Waals surface area contributed by atoms with Crippen LogP contribution in [0.1, 0.15) is 34.8 Å². The van der Waals surface area contributed by atoms with Gasteiger partial charge in [-0.15, -0.1) is 0 Å². The molecule has 0 aliphatic carbocycles. The lowest BCUT2D eigenvalue weighted by Gasteiger charge is -2.08. The Balaban J connectivity index is 1.99. The Kier molecular flexibility index (Phi) is 5.59. The second-order valence-corrected chi connectivity index (χ2v) is 6.02. The van der Waals surface area contributed by atoms with Crippen molar-refractivity contribution < 1.29 is 9.21 Å². The molecule has 0 amide bonds. The molecule has 0 saturated heterocycles. The molecule has 3 nitrogen and oxygen atoms in total. The molecule has 3 rings (SSSR count). The fourth-order valence-electron chi connectivity index (χ4n) is 2.83. The Morgan fingerprint density at radius 1 is 1.00 bits per heavy atom. The highest BCUT2D eigenvalue weighted by molar-refractivity contribution is 6.07. The number of ketones is 1. The Hall–Kier alpha value is -3.20. The van der Waals surface area contributed by atoms with Gasteiger partial charge in [0.15, 0.2) is 5.78 Å². The van der Waals surface area contributed by atoms with Crippen LogP contribution < -0.4 is 5.63 Å². The van der Waals surface area contributed by atoms with E-state index in [0.717, 1.165) is 23.1 Å². The maximum atomic E-state index is 12.6. The molecule has 0 bridgehead atoms. The largest absolute Gasteiger partial charge is 0.422 e. The highest BCUT2D eigenvalue weighted by Crippen LogP contribution is 2.21. The molecule has 0 fully saturated rings. The van der Waals surface area contributed by atoms with E-state index in [1.54, 1.807) is 6.08 Å². The topological polar surface area (TPSA) is 47.3 Å². The van der Waals surface area contributed by atoms with Crippen LogP contribution in [0.2, 0.25) is 0 Å². The van der Waals surface area contributed by atoms with Crippen molar-refractivity contribution in [3.8, 4) is 11.3 Å². The summed E-state index contributed by atoms with van der Waals surface area (Å²) >= 11 is 0. The van der Waals surface area contributed by atoms with Crippen LogP contribution in [-0.2, 0) is 6.42 Å². The first-order valence-corrected chi connectivity index (χ1v) is 8.69. The van der Waals surface area contributed by atoms with Gasteiger partial charge in [0.2, 0.25) is 0 Å². The van der Waals surface area contributed by atoms with Gasteiger partial charge in [-0.2, -0.15) is 0 Å². The monoisotopic (exact) mass is 344 g/mol. The van der Waals surface area contributed by atoms with Gasteiger partial charge in [-0.05, 0) is 29.7 Å². The summed E-state index contributed by atoms with van der Waals surface area (Å²) in [5.74, 6) is 0.160. The molecule has 0 unspecified atom stereocenters. The van der Waals surface area contributed by atoms with Gasteiger partial charge >= 0.3 is 5.63 Å². The normalized spacial score (nSPS) is 11.0. The zero-order chi connectivity index (χ0) is 18.4. The van der Waals surface area contributed by atoms with E-state index in [0.29, 0.717) is 12.2 Å². The summed E-state index contributed by atoms with van der Waals surface area (Å²) in [6.07, 6.45) is 4.62. The zero-order valence-electron chi connectivity index (χ0n) is 14.6. The number of benzene rings is 2. The second kappa shape index (κ2) is 8.26. The van der Waals surface area contributed by atoms with Gasteiger partial charge in [-0.25, -0.2) is 4.79 Å². The van der Waals surface area contributed by atoms with Crippen LogP contribution in [0.25, 0.3) is 17.4 Å². The van der Waals surface area contributed by atoms with Crippen molar-refractivity contribution in [2.45, 2.75) is 19.8 Å². The summed E-state index contributed by atoms with van der Waals surface area (Å²) < 4.78 is 5.44. The average molecular weight is 344 g/mol. The number of allylic oxidation sites excluding steroid dienone is 1. The standard InChI is InChI=1S/C23H20O3/c1-2-9-19-16-21(18-12-7-4-8-13-18)26-23(25)22(19)20(24)15-14-17-10-5-3-6-11-17/h3-8,10-16H,2,9H2,1H3/b15-14+. The zero-order valence-corrected chi connectivity index (χ0v) is 14.6. The molecule has 0 atom stereocenters. The van der Waals surface area contributed by atoms with E-state index in [-0.39, 0.29) is 11.3 Å². The predicted molar refractivity (Wildman–Crippen MR) is 104 cm³/mol. The smallest absolute Gasteiger partial charge is 0.347 e. The van der Waals surface area contributed by atoms with E-state index in [2.05, 4.69) is 0 Å². The van der Waals surface area contributed by atoms with Crippen LogP contribution in [0.15, 0.2) is 82.0 Å². The van der Waals surface area contributed by atoms with Crippen LogP contribution in [-0.4, -0.2) is 5.78 Å². The van der Waals surface area contributed by atoms with Gasteiger partial charge in [0, 0.05) is 5.56 Å². The summed E-state index contributed by atoms with van der Waals surface area (Å²) in [5, 5.41) is 0. The van der Waals surface area contributed by atoms with Crippen molar-refractivity contribution in [3.05, 3.63) is 99.9 Å². The fourth-order valence-corrected chi connectivity index (χ4v) is 2.83. The lowest BCUT2D eigenvalue weighted by molar-refractivity contribution is 0.104. The maximum Gasteiger partial charge on any atom is 0.347 e. The third kappa shape index (κ3) is 4.06. The minimum Gasteiger partial charge on any atom is -0.422 e. The third-order valence-corrected chi connectivity index (χ3v) is 4.08. The van der Waals surface area contributed by atoms with E-state index < -0.39 is 5.63 Å². The lowest BCUT2D eigenvalue weighted by Crippen LogP contribution is -2.16. The first-order chi connectivity index (χ1) is 12.7. The number of aryl methyl sites for hydroxylation is 1. The molecule has 2 aromatic carbocycles. The molecule has 0 radical (unpaired) electrons. The predicted octanol–water partition coefficient (Wildman–Crippen LogP) is 5.16. The summed E-state index contributed by atoms with van der Waals surface area (Å²) in [6.45, 7) is 2.02. The molecular weight excluding hydrogens is 324 g/mol. The molecular formula is C23H20O3. The average Bonchev–Trinajstić information content (AvgIpc) is 2.67. The van der Waals surface area contributed by atoms with Crippen LogP contribution in [0.5, 0.6) is 0 Å². The molecule has 0 aliphatic rings. The van der Waals surface area contributed by atoms with Crippen LogP contribution in [0, 0.1) is 0 Å². The number of hydrogen-bond donors (Lipinski definition) is 0. The van der Waals surface area contributed by atoms with Gasteiger partial charge in [-0.1, -0.05) is 80.1 Å². The Morgan fingerprint density at radius 2 is 1.65 bits per heavy atom. The van der Waals surface area contributed by atoms with Crippen LogP contribution in [0.4, 0.5) is 0 Å². The fraction of sp³-hybridized carbons (Fsp3) is 0.130. The highest BCUT2D eigenvalue weighted by Gasteiger charge is 2.17. The van der Waals surface area contributed by atoms with E-state index in [1.807, 2.05) is 73.7 Å². The van der Waals surface area contributed by atoms with Crippen LogP contribution >= 0.6 is 0 Å². The van der Waals surface area contributed by atoms with Gasteiger partial charge < -0.3 is 4.42 Å². The molecule has 0 spiro atoms. The van der Waals surface area contributed by atoms with Crippen molar-refractivity contribution in [2.75, 3.05) is 0 Å². The first kappa shape index (κ1) is 17.6. The SMILES string of the molecule is CCCc1cc(-c2ccccc2)oc(=O)c1C(=O)/C=C/c1ccccc1. The molecule has 26 heavy (non-hydrogen) atoms. The van der Waals surface area contributed by atoms with Crippen molar-refractivity contribution in [1.82, 2.24) is 0 Å². The molecule has 0 aliphatic heterocycles. The number of carbonyl (C=O) groups excluding carboxylic acids is 1. The van der Waals surface area contributed by atoms with E-state index >= 15 is 0 Å². The van der Waals surface area contributed by atoms with Gasteiger partial charge in [0.1, 0.15) is 11.3 Å². The Morgan fingerprint density at radius 3 is 2.31 bits per heavy atom. The summed E-state index contributed by atoms with van der Waals surface area (Å²) in [7, 11) is 0.